The van der Waals surface area contributed by atoms with Gasteiger partial charge in [0.1, 0.15) is 0 Å². The van der Waals surface area contributed by atoms with Gasteiger partial charge >= 0.3 is 0 Å². The van der Waals surface area contributed by atoms with Gasteiger partial charge < -0.3 is 15.0 Å². The van der Waals surface area contributed by atoms with E-state index in [9.17, 15) is 0 Å². The number of nitrogens with one attached hydrogen (secondary N) is 1. The van der Waals surface area contributed by atoms with Gasteiger partial charge in [-0.15, -0.1) is 0 Å². The first kappa shape index (κ1) is 12.3. The third kappa shape index (κ3) is 3.68. The topological polar surface area (TPSA) is 37.2 Å². The van der Waals surface area contributed by atoms with Gasteiger partial charge in [-0.3, -0.25) is 0 Å². The highest BCUT2D eigenvalue weighted by molar-refractivity contribution is 5.10. The quantitative estimate of drug-likeness (QED) is 0.748. The van der Waals surface area contributed by atoms with E-state index < -0.39 is 0 Å². The molecule has 0 aliphatic heterocycles. The van der Waals surface area contributed by atoms with Crippen LogP contribution in [0.4, 0.5) is 0 Å². The van der Waals surface area contributed by atoms with E-state index in [1.54, 1.807) is 0 Å². The van der Waals surface area contributed by atoms with Crippen molar-refractivity contribution in [1.29, 1.82) is 0 Å². The van der Waals surface area contributed by atoms with Crippen molar-refractivity contribution in [3.05, 3.63) is 24.0 Å². The van der Waals surface area contributed by atoms with E-state index in [1.165, 1.54) is 5.56 Å². The normalized spacial score (nSPS) is 13.4. The van der Waals surface area contributed by atoms with Crippen LogP contribution in [-0.4, -0.2) is 22.3 Å². The number of nitrogens with zero attached hydrogens (tertiary/aromatic N) is 1. The maximum absolute atomic E-state index is 9.16. The maximum Gasteiger partial charge on any atom is 0.0587 e. The average Bonchev–Trinajstić information content (AvgIpc) is 2.66. The van der Waals surface area contributed by atoms with Crippen molar-refractivity contribution in [1.82, 2.24) is 9.88 Å². The molecule has 86 valence electrons. The molecule has 0 aliphatic rings. The van der Waals surface area contributed by atoms with Crippen LogP contribution in [0.2, 0.25) is 0 Å². The molecule has 1 rings (SSSR count). The molecule has 0 spiro atoms. The van der Waals surface area contributed by atoms with Crippen molar-refractivity contribution in [3.63, 3.8) is 0 Å². The fourth-order valence-electron chi connectivity index (χ4n) is 1.55. The van der Waals surface area contributed by atoms with E-state index in [0.29, 0.717) is 5.92 Å². The Bertz CT molecular complexity index is 281. The van der Waals surface area contributed by atoms with Crippen molar-refractivity contribution >= 4 is 0 Å². The van der Waals surface area contributed by atoms with Crippen molar-refractivity contribution in [3.8, 4) is 0 Å². The number of rotatable bonds is 6. The summed E-state index contributed by atoms with van der Waals surface area (Å²) >= 11 is 0. The summed E-state index contributed by atoms with van der Waals surface area (Å²) in [7, 11) is 0. The summed E-state index contributed by atoms with van der Waals surface area (Å²) in [6, 6.07) is 2.31. The number of hydrogen-bond acceptors (Lipinski definition) is 2. The largest absolute Gasteiger partial charge is 0.395 e. The van der Waals surface area contributed by atoms with Crippen LogP contribution >= 0.6 is 0 Å². The van der Waals surface area contributed by atoms with Crippen molar-refractivity contribution in [2.45, 2.75) is 39.9 Å². The summed E-state index contributed by atoms with van der Waals surface area (Å²) in [6.07, 6.45) is 4.22. The summed E-state index contributed by atoms with van der Waals surface area (Å²) in [5, 5.41) is 12.5. The number of aliphatic hydroxyl groups excluding tert-OH is 1. The lowest BCUT2D eigenvalue weighted by molar-refractivity contribution is 0.210. The Labute approximate surface area is 92.1 Å². The van der Waals surface area contributed by atoms with Gasteiger partial charge in [0.15, 0.2) is 0 Å². The first-order valence-electron chi connectivity index (χ1n) is 5.66. The van der Waals surface area contributed by atoms with E-state index in [1.807, 2.05) is 0 Å². The summed E-state index contributed by atoms with van der Waals surface area (Å²) in [4.78, 5) is 0. The predicted octanol–water partition coefficient (Wildman–Crippen LogP) is 1.61. The molecule has 1 atom stereocenters. The molecule has 0 aliphatic carbocycles. The molecule has 1 aromatic rings. The van der Waals surface area contributed by atoms with Crippen LogP contribution in [0.25, 0.3) is 0 Å². The molecule has 0 bridgehead atoms. The number of aromatic nitrogens is 1. The molecular formula is C12H22N2O. The smallest absolute Gasteiger partial charge is 0.0587 e. The molecule has 0 unspecified atom stereocenters. The predicted molar refractivity (Wildman–Crippen MR) is 62.7 cm³/mol. The molecular weight excluding hydrogens is 188 g/mol. The Kier molecular flexibility index (Phi) is 4.85. The van der Waals surface area contributed by atoms with Crippen LogP contribution in [0.15, 0.2) is 18.5 Å². The second-order valence-electron chi connectivity index (χ2n) is 4.26. The molecule has 0 aromatic carbocycles. The standard InChI is InChI=1S/C12H22N2O/c1-4-14-6-5-11(8-14)7-13-12(9-15)10(2)3/h5-6,8,10,12-13,15H,4,7,9H2,1-3H3/t12-/m1/s1. The van der Waals surface area contributed by atoms with Crippen molar-refractivity contribution in [2.24, 2.45) is 5.92 Å². The average molecular weight is 210 g/mol. The molecule has 0 saturated carbocycles. The van der Waals surface area contributed by atoms with E-state index in [4.69, 9.17) is 5.11 Å². The lowest BCUT2D eigenvalue weighted by Gasteiger charge is -2.19. The lowest BCUT2D eigenvalue weighted by Crippen LogP contribution is -2.36. The summed E-state index contributed by atoms with van der Waals surface area (Å²) in [6.45, 7) is 8.40. The Morgan fingerprint density at radius 1 is 1.47 bits per heavy atom. The van der Waals surface area contributed by atoms with Gasteiger partial charge in [-0.1, -0.05) is 13.8 Å². The zero-order chi connectivity index (χ0) is 11.3. The highest BCUT2D eigenvalue weighted by atomic mass is 16.3. The van der Waals surface area contributed by atoms with Crippen LogP contribution in [0, 0.1) is 5.92 Å². The fourth-order valence-corrected chi connectivity index (χ4v) is 1.55. The second-order valence-corrected chi connectivity index (χ2v) is 4.26. The van der Waals surface area contributed by atoms with Gasteiger partial charge in [-0.2, -0.15) is 0 Å². The van der Waals surface area contributed by atoms with Crippen molar-refractivity contribution < 1.29 is 5.11 Å². The number of aryl methyl sites for hydroxylation is 1. The Morgan fingerprint density at radius 2 is 2.20 bits per heavy atom. The minimum absolute atomic E-state index is 0.190. The van der Waals surface area contributed by atoms with Gasteiger partial charge in [0, 0.05) is 31.5 Å². The van der Waals surface area contributed by atoms with Crippen molar-refractivity contribution in [2.75, 3.05) is 6.61 Å². The molecule has 0 radical (unpaired) electrons. The summed E-state index contributed by atoms with van der Waals surface area (Å²) < 4.78 is 2.15. The molecule has 1 heterocycles. The summed E-state index contributed by atoms with van der Waals surface area (Å²) in [5.41, 5.74) is 1.27. The molecule has 1 aromatic heterocycles. The van der Waals surface area contributed by atoms with Crippen LogP contribution in [0.3, 0.4) is 0 Å². The van der Waals surface area contributed by atoms with Crippen LogP contribution < -0.4 is 5.32 Å². The summed E-state index contributed by atoms with van der Waals surface area (Å²) in [5.74, 6) is 0.461. The van der Waals surface area contributed by atoms with Crippen LogP contribution in [0.1, 0.15) is 26.3 Å². The number of aliphatic hydroxyl groups is 1. The Balaban J connectivity index is 2.41. The van der Waals surface area contributed by atoms with E-state index in [0.717, 1.165) is 13.1 Å². The van der Waals surface area contributed by atoms with Gasteiger partial charge in [0.25, 0.3) is 0 Å². The van der Waals surface area contributed by atoms with Crippen LogP contribution in [0.5, 0.6) is 0 Å². The highest BCUT2D eigenvalue weighted by Crippen LogP contribution is 2.04. The monoisotopic (exact) mass is 210 g/mol. The molecule has 3 nitrogen and oxygen atoms in total. The molecule has 15 heavy (non-hydrogen) atoms. The SMILES string of the molecule is CCn1ccc(CN[C@H](CO)C(C)C)c1. The minimum atomic E-state index is 0.190. The second kappa shape index (κ2) is 5.93. The first-order chi connectivity index (χ1) is 7.17. The Hall–Kier alpha value is -0.800. The molecule has 0 saturated heterocycles. The van der Waals surface area contributed by atoms with Gasteiger partial charge in [0.05, 0.1) is 6.61 Å². The third-order valence-electron chi connectivity index (χ3n) is 2.75. The van der Waals surface area contributed by atoms with Gasteiger partial charge in [-0.25, -0.2) is 0 Å². The van der Waals surface area contributed by atoms with Gasteiger partial charge in [-0.05, 0) is 24.5 Å². The van der Waals surface area contributed by atoms with E-state index in [-0.39, 0.29) is 12.6 Å². The van der Waals surface area contributed by atoms with E-state index >= 15 is 0 Å². The zero-order valence-electron chi connectivity index (χ0n) is 9.90. The third-order valence-corrected chi connectivity index (χ3v) is 2.75. The highest BCUT2D eigenvalue weighted by Gasteiger charge is 2.10. The molecule has 3 heteroatoms. The first-order valence-corrected chi connectivity index (χ1v) is 5.66. The van der Waals surface area contributed by atoms with Crippen LogP contribution in [-0.2, 0) is 13.1 Å². The molecule has 2 N–H and O–H groups in total. The maximum atomic E-state index is 9.16. The Morgan fingerprint density at radius 3 is 2.67 bits per heavy atom. The lowest BCUT2D eigenvalue weighted by atomic mass is 10.1. The number of hydrogen-bond donors (Lipinski definition) is 2. The van der Waals surface area contributed by atoms with E-state index in [2.05, 4.69) is 49.1 Å². The molecule has 0 amide bonds. The fraction of sp³-hybridized carbons (Fsp3) is 0.667. The molecule has 0 fully saturated rings. The minimum Gasteiger partial charge on any atom is -0.395 e. The van der Waals surface area contributed by atoms with Gasteiger partial charge in [0.2, 0.25) is 0 Å². The zero-order valence-corrected chi connectivity index (χ0v) is 9.90.